The van der Waals surface area contributed by atoms with Crippen molar-refractivity contribution in [2.45, 2.75) is 12.8 Å². The molecule has 0 spiro atoms. The molecule has 0 bridgehead atoms. The Morgan fingerprint density at radius 2 is 1.61 bits per heavy atom. The summed E-state index contributed by atoms with van der Waals surface area (Å²) >= 11 is 0. The van der Waals surface area contributed by atoms with E-state index in [0.29, 0.717) is 25.9 Å². The molecule has 0 aliphatic carbocycles. The Balaban J connectivity index is 1.44. The van der Waals surface area contributed by atoms with Crippen LogP contribution in [0.4, 0.5) is 10.1 Å². The molecule has 146 valence electrons. The molecule has 0 atom stereocenters. The van der Waals surface area contributed by atoms with Gasteiger partial charge in [-0.3, -0.25) is 14.4 Å². The zero-order chi connectivity index (χ0) is 19.9. The molecule has 1 aliphatic heterocycles. The summed E-state index contributed by atoms with van der Waals surface area (Å²) in [6, 6.07) is 14.9. The van der Waals surface area contributed by atoms with Gasteiger partial charge in [-0.05, 0) is 37.1 Å². The normalized spacial score (nSPS) is 14.4. The Hall–Kier alpha value is -3.22. The lowest BCUT2D eigenvalue weighted by Crippen LogP contribution is -2.45. The summed E-state index contributed by atoms with van der Waals surface area (Å²) in [4.78, 5) is 38.3. The van der Waals surface area contributed by atoms with E-state index in [0.717, 1.165) is 5.69 Å². The van der Waals surface area contributed by atoms with Crippen LogP contribution in [0.1, 0.15) is 23.2 Å². The van der Waals surface area contributed by atoms with E-state index >= 15 is 0 Å². The summed E-state index contributed by atoms with van der Waals surface area (Å²) in [6.07, 6.45) is 1.12. The fourth-order valence-electron chi connectivity index (χ4n) is 3.17. The molecule has 0 saturated carbocycles. The Kier molecular flexibility index (Phi) is 6.37. The molecule has 0 aromatic heterocycles. The second-order valence-electron chi connectivity index (χ2n) is 6.67. The fraction of sp³-hybridized carbons (Fsp3) is 0.286. The number of carbonyl (C=O) groups excluding carboxylic acids is 3. The summed E-state index contributed by atoms with van der Waals surface area (Å²) in [7, 11) is 0. The number of anilines is 1. The molecule has 0 radical (unpaired) electrons. The quantitative estimate of drug-likeness (QED) is 0.832. The van der Waals surface area contributed by atoms with Crippen molar-refractivity contribution in [1.82, 2.24) is 10.2 Å². The average molecular weight is 383 g/mol. The number of halogens is 1. The highest BCUT2D eigenvalue weighted by atomic mass is 19.1. The van der Waals surface area contributed by atoms with Crippen LogP contribution in [-0.2, 0) is 9.59 Å². The molecule has 0 unspecified atom stereocenters. The molecular formula is C21H22FN3O3. The number of para-hydroxylation sites is 1. The molecule has 3 amide bonds. The topological polar surface area (TPSA) is 78.5 Å². The second-order valence-corrected chi connectivity index (χ2v) is 6.67. The number of likely N-dealkylation sites (tertiary alicyclic amines) is 1. The number of piperidine rings is 1. The Bertz CT molecular complexity index is 849. The first-order valence-electron chi connectivity index (χ1n) is 9.21. The third-order valence-electron chi connectivity index (χ3n) is 4.78. The van der Waals surface area contributed by atoms with E-state index in [1.165, 1.54) is 18.2 Å². The summed E-state index contributed by atoms with van der Waals surface area (Å²) in [5.74, 6) is -1.70. The highest BCUT2D eigenvalue weighted by Crippen LogP contribution is 2.19. The fourth-order valence-corrected chi connectivity index (χ4v) is 3.17. The number of amides is 3. The molecule has 1 heterocycles. The van der Waals surface area contributed by atoms with Crippen molar-refractivity contribution in [3.63, 3.8) is 0 Å². The number of rotatable bonds is 5. The largest absolute Gasteiger partial charge is 0.343 e. The average Bonchev–Trinajstić information content (AvgIpc) is 2.73. The van der Waals surface area contributed by atoms with E-state index in [2.05, 4.69) is 10.6 Å². The third kappa shape index (κ3) is 4.94. The van der Waals surface area contributed by atoms with Gasteiger partial charge in [0.15, 0.2) is 0 Å². The van der Waals surface area contributed by atoms with Gasteiger partial charge in [-0.25, -0.2) is 4.39 Å². The monoisotopic (exact) mass is 383 g/mol. The lowest BCUT2D eigenvalue weighted by molar-refractivity contribution is -0.133. The molecule has 1 saturated heterocycles. The van der Waals surface area contributed by atoms with E-state index in [1.807, 2.05) is 30.3 Å². The van der Waals surface area contributed by atoms with Gasteiger partial charge in [0.1, 0.15) is 5.82 Å². The number of nitrogens with zero attached hydrogens (tertiary/aromatic N) is 1. The van der Waals surface area contributed by atoms with Gasteiger partial charge in [0.25, 0.3) is 5.91 Å². The van der Waals surface area contributed by atoms with E-state index in [1.54, 1.807) is 11.0 Å². The molecular weight excluding hydrogens is 361 g/mol. The van der Waals surface area contributed by atoms with E-state index < -0.39 is 11.7 Å². The second kappa shape index (κ2) is 9.12. The maximum atomic E-state index is 13.6. The number of nitrogens with one attached hydrogen (secondary N) is 2. The van der Waals surface area contributed by atoms with Crippen LogP contribution in [0, 0.1) is 11.7 Å². The molecule has 2 N–H and O–H groups in total. The molecule has 2 aromatic rings. The van der Waals surface area contributed by atoms with E-state index in [-0.39, 0.29) is 29.8 Å². The van der Waals surface area contributed by atoms with E-state index in [4.69, 9.17) is 0 Å². The van der Waals surface area contributed by atoms with Crippen LogP contribution in [0.25, 0.3) is 0 Å². The van der Waals surface area contributed by atoms with Crippen LogP contribution in [0.2, 0.25) is 0 Å². The minimum Gasteiger partial charge on any atom is -0.343 e. The van der Waals surface area contributed by atoms with Crippen LogP contribution in [-0.4, -0.2) is 42.3 Å². The van der Waals surface area contributed by atoms with Gasteiger partial charge in [-0.15, -0.1) is 0 Å². The zero-order valence-corrected chi connectivity index (χ0v) is 15.4. The summed E-state index contributed by atoms with van der Waals surface area (Å²) < 4.78 is 13.6. The minimum atomic E-state index is -0.627. The first-order valence-corrected chi connectivity index (χ1v) is 9.21. The Morgan fingerprint density at radius 1 is 0.964 bits per heavy atom. The van der Waals surface area contributed by atoms with Crippen molar-refractivity contribution >= 4 is 23.4 Å². The Labute approximate surface area is 162 Å². The maximum Gasteiger partial charge on any atom is 0.254 e. The first kappa shape index (κ1) is 19.5. The van der Waals surface area contributed by atoms with Crippen LogP contribution >= 0.6 is 0 Å². The van der Waals surface area contributed by atoms with Crippen LogP contribution in [0.5, 0.6) is 0 Å². The minimum absolute atomic E-state index is 0.0499. The number of hydrogen-bond acceptors (Lipinski definition) is 3. The van der Waals surface area contributed by atoms with E-state index in [9.17, 15) is 18.8 Å². The van der Waals surface area contributed by atoms with Crippen LogP contribution in [0.15, 0.2) is 54.6 Å². The summed E-state index contributed by atoms with van der Waals surface area (Å²) in [5.41, 5.74) is 0.661. The zero-order valence-electron chi connectivity index (χ0n) is 15.4. The van der Waals surface area contributed by atoms with Gasteiger partial charge in [0.2, 0.25) is 11.8 Å². The maximum absolute atomic E-state index is 13.6. The van der Waals surface area contributed by atoms with Gasteiger partial charge < -0.3 is 15.5 Å². The van der Waals surface area contributed by atoms with Crippen molar-refractivity contribution in [1.29, 1.82) is 0 Å². The number of benzene rings is 2. The Morgan fingerprint density at radius 3 is 2.29 bits per heavy atom. The highest BCUT2D eigenvalue weighted by Gasteiger charge is 2.27. The van der Waals surface area contributed by atoms with Crippen molar-refractivity contribution in [3.8, 4) is 0 Å². The van der Waals surface area contributed by atoms with Crippen molar-refractivity contribution in [2.24, 2.45) is 5.92 Å². The highest BCUT2D eigenvalue weighted by molar-refractivity contribution is 5.96. The predicted molar refractivity (Wildman–Crippen MR) is 103 cm³/mol. The first-order chi connectivity index (χ1) is 13.5. The van der Waals surface area contributed by atoms with Crippen LogP contribution < -0.4 is 10.6 Å². The standard InChI is InChI=1S/C21H22FN3O3/c22-18-9-5-4-8-17(18)21(28)23-14-19(26)25-12-10-15(11-13-25)20(27)24-16-6-2-1-3-7-16/h1-9,15H,10-14H2,(H,23,28)(H,24,27). The van der Waals surface area contributed by atoms with Gasteiger partial charge in [0.05, 0.1) is 12.1 Å². The molecule has 6 nitrogen and oxygen atoms in total. The van der Waals surface area contributed by atoms with Crippen molar-refractivity contribution in [3.05, 3.63) is 66.0 Å². The van der Waals surface area contributed by atoms with Gasteiger partial charge in [0, 0.05) is 24.7 Å². The van der Waals surface area contributed by atoms with Gasteiger partial charge in [-0.2, -0.15) is 0 Å². The molecule has 1 aliphatic rings. The number of carbonyl (C=O) groups is 3. The van der Waals surface area contributed by atoms with Gasteiger partial charge in [-0.1, -0.05) is 30.3 Å². The van der Waals surface area contributed by atoms with Gasteiger partial charge >= 0.3 is 0 Å². The smallest absolute Gasteiger partial charge is 0.254 e. The molecule has 1 fully saturated rings. The third-order valence-corrected chi connectivity index (χ3v) is 4.78. The molecule has 2 aromatic carbocycles. The number of hydrogen-bond donors (Lipinski definition) is 2. The van der Waals surface area contributed by atoms with Crippen molar-refractivity contribution < 1.29 is 18.8 Å². The predicted octanol–water partition coefficient (Wildman–Crippen LogP) is 2.43. The lowest BCUT2D eigenvalue weighted by atomic mass is 9.95. The SMILES string of the molecule is O=C(NCC(=O)N1CCC(C(=O)Nc2ccccc2)CC1)c1ccccc1F. The molecule has 7 heteroatoms. The summed E-state index contributed by atoms with van der Waals surface area (Å²) in [5, 5.41) is 5.34. The summed E-state index contributed by atoms with van der Waals surface area (Å²) in [6.45, 7) is 0.691. The van der Waals surface area contributed by atoms with Crippen molar-refractivity contribution in [2.75, 3.05) is 25.0 Å². The molecule has 28 heavy (non-hydrogen) atoms. The molecule has 3 rings (SSSR count). The lowest BCUT2D eigenvalue weighted by Gasteiger charge is -2.31. The van der Waals surface area contributed by atoms with Crippen LogP contribution in [0.3, 0.4) is 0 Å².